The summed E-state index contributed by atoms with van der Waals surface area (Å²) >= 11 is 0. The molecular weight excluding hydrogens is 268 g/mol. The van der Waals surface area contributed by atoms with E-state index < -0.39 is 0 Å². The minimum absolute atomic E-state index is 0.00171. The molecule has 0 aliphatic carbocycles. The predicted molar refractivity (Wildman–Crippen MR) is 78.1 cm³/mol. The van der Waals surface area contributed by atoms with E-state index in [4.69, 9.17) is 4.74 Å². The molecule has 112 valence electrons. The van der Waals surface area contributed by atoms with E-state index in [1.54, 1.807) is 12.0 Å². The van der Waals surface area contributed by atoms with Crippen molar-refractivity contribution in [3.8, 4) is 5.75 Å². The summed E-state index contributed by atoms with van der Waals surface area (Å²) in [6, 6.07) is 3.66. The Kier molecular flexibility index (Phi) is 3.35. The van der Waals surface area contributed by atoms with Gasteiger partial charge in [0.1, 0.15) is 11.8 Å². The number of fused-ring (bicyclic) bond motifs is 1. The quantitative estimate of drug-likeness (QED) is 0.896. The molecule has 1 N–H and O–H groups in total. The first-order valence-corrected chi connectivity index (χ1v) is 7.27. The van der Waals surface area contributed by atoms with Gasteiger partial charge in [-0.1, -0.05) is 6.07 Å². The van der Waals surface area contributed by atoms with Gasteiger partial charge in [0.2, 0.25) is 11.8 Å². The zero-order valence-electron chi connectivity index (χ0n) is 12.6. The minimum atomic E-state index is -0.307. The van der Waals surface area contributed by atoms with Crippen molar-refractivity contribution in [3.05, 3.63) is 28.8 Å². The maximum absolute atomic E-state index is 12.2. The van der Waals surface area contributed by atoms with Gasteiger partial charge in [-0.05, 0) is 49.4 Å². The Morgan fingerprint density at radius 3 is 2.57 bits per heavy atom. The van der Waals surface area contributed by atoms with Crippen LogP contribution in [0.4, 0.5) is 0 Å². The van der Waals surface area contributed by atoms with Crippen molar-refractivity contribution in [3.63, 3.8) is 0 Å². The van der Waals surface area contributed by atoms with Crippen molar-refractivity contribution in [2.45, 2.75) is 38.8 Å². The summed E-state index contributed by atoms with van der Waals surface area (Å²) in [4.78, 5) is 25.9. The fourth-order valence-electron chi connectivity index (χ4n) is 3.49. The number of methoxy groups -OCH3 is 1. The molecule has 1 aromatic carbocycles. The molecule has 2 atom stereocenters. The highest BCUT2D eigenvalue weighted by atomic mass is 16.5. The van der Waals surface area contributed by atoms with Gasteiger partial charge in [0.25, 0.3) is 0 Å². The first-order chi connectivity index (χ1) is 10.0. The third kappa shape index (κ3) is 2.07. The molecule has 2 amide bonds. The summed E-state index contributed by atoms with van der Waals surface area (Å²) in [6.45, 7) is 4.18. The predicted octanol–water partition coefficient (Wildman–Crippen LogP) is 1.47. The summed E-state index contributed by atoms with van der Waals surface area (Å²) in [5, 5.41) is 2.67. The molecule has 0 aromatic heterocycles. The highest BCUT2D eigenvalue weighted by Crippen LogP contribution is 2.40. The lowest BCUT2D eigenvalue weighted by Gasteiger charge is -2.34. The maximum atomic E-state index is 12.2. The molecule has 2 saturated heterocycles. The Hall–Kier alpha value is -2.04. The van der Waals surface area contributed by atoms with E-state index >= 15 is 0 Å². The van der Waals surface area contributed by atoms with Crippen LogP contribution < -0.4 is 10.1 Å². The summed E-state index contributed by atoms with van der Waals surface area (Å²) < 4.78 is 5.34. The van der Waals surface area contributed by atoms with Crippen LogP contribution in [0.15, 0.2) is 12.1 Å². The molecule has 2 aliphatic heterocycles. The molecule has 0 saturated carbocycles. The number of piperazine rings is 1. The lowest BCUT2D eigenvalue weighted by molar-refractivity contribution is -0.145. The third-order valence-electron chi connectivity index (χ3n) is 4.75. The fraction of sp³-hybridized carbons (Fsp3) is 0.500. The van der Waals surface area contributed by atoms with Crippen LogP contribution >= 0.6 is 0 Å². The van der Waals surface area contributed by atoms with Crippen molar-refractivity contribution in [1.82, 2.24) is 10.2 Å². The standard InChI is InChI=1S/C16H20N2O3/c1-9-10(2)14(21-3)7-4-11(9)12-5-6-13-16(20)17-8-15(19)18(12)13/h4,7,12-13H,5-6,8H2,1-3H3,(H,17,20)/t12-,13+/m0/s1. The topological polar surface area (TPSA) is 58.6 Å². The van der Waals surface area contributed by atoms with Gasteiger partial charge < -0.3 is 15.0 Å². The first-order valence-electron chi connectivity index (χ1n) is 7.27. The lowest BCUT2D eigenvalue weighted by Crippen LogP contribution is -2.56. The first kappa shape index (κ1) is 13.9. The number of nitrogens with zero attached hydrogens (tertiary/aromatic N) is 1. The number of rotatable bonds is 2. The average Bonchev–Trinajstić information content (AvgIpc) is 2.92. The van der Waals surface area contributed by atoms with E-state index in [0.717, 1.165) is 35.3 Å². The zero-order chi connectivity index (χ0) is 15.1. The van der Waals surface area contributed by atoms with Crippen molar-refractivity contribution < 1.29 is 14.3 Å². The summed E-state index contributed by atoms with van der Waals surface area (Å²) in [7, 11) is 1.66. The van der Waals surface area contributed by atoms with E-state index in [9.17, 15) is 9.59 Å². The van der Waals surface area contributed by atoms with Crippen molar-refractivity contribution in [1.29, 1.82) is 0 Å². The van der Waals surface area contributed by atoms with E-state index in [1.807, 2.05) is 19.1 Å². The molecule has 5 heteroatoms. The molecule has 2 heterocycles. The Morgan fingerprint density at radius 1 is 1.14 bits per heavy atom. The van der Waals surface area contributed by atoms with Gasteiger partial charge in [-0.25, -0.2) is 0 Å². The van der Waals surface area contributed by atoms with Crippen LogP contribution in [0.2, 0.25) is 0 Å². The number of hydrogen-bond donors (Lipinski definition) is 1. The average molecular weight is 288 g/mol. The second kappa shape index (κ2) is 5.06. The van der Waals surface area contributed by atoms with Crippen LogP contribution in [0, 0.1) is 13.8 Å². The number of carbonyl (C=O) groups excluding carboxylic acids is 2. The molecule has 5 nitrogen and oxygen atoms in total. The monoisotopic (exact) mass is 288 g/mol. The van der Waals surface area contributed by atoms with Crippen LogP contribution in [-0.4, -0.2) is 36.4 Å². The van der Waals surface area contributed by atoms with Crippen LogP contribution in [-0.2, 0) is 9.59 Å². The molecule has 21 heavy (non-hydrogen) atoms. The molecule has 2 fully saturated rings. The van der Waals surface area contributed by atoms with Gasteiger partial charge in [0.15, 0.2) is 0 Å². The number of hydrogen-bond acceptors (Lipinski definition) is 3. The largest absolute Gasteiger partial charge is 0.496 e. The highest BCUT2D eigenvalue weighted by Gasteiger charge is 2.44. The SMILES string of the molecule is COc1ccc([C@@H]2CC[C@@H]3C(=O)NCC(=O)N32)c(C)c1C. The van der Waals surface area contributed by atoms with E-state index in [2.05, 4.69) is 12.2 Å². The molecule has 1 aromatic rings. The lowest BCUT2D eigenvalue weighted by atomic mass is 9.95. The van der Waals surface area contributed by atoms with Crippen molar-refractivity contribution in [2.75, 3.05) is 13.7 Å². The minimum Gasteiger partial charge on any atom is -0.496 e. The van der Waals surface area contributed by atoms with Gasteiger partial charge in [0.05, 0.1) is 19.7 Å². The molecule has 3 rings (SSSR count). The molecule has 2 aliphatic rings. The van der Waals surface area contributed by atoms with Gasteiger partial charge in [-0.2, -0.15) is 0 Å². The van der Waals surface area contributed by atoms with E-state index in [-0.39, 0.29) is 30.4 Å². The number of benzene rings is 1. The molecule has 0 bridgehead atoms. The molecule has 0 spiro atoms. The van der Waals surface area contributed by atoms with E-state index in [1.165, 1.54) is 0 Å². The van der Waals surface area contributed by atoms with E-state index in [0.29, 0.717) is 0 Å². The Bertz CT molecular complexity index is 612. The molecule has 0 unspecified atom stereocenters. The van der Waals surface area contributed by atoms with Crippen LogP contribution in [0.25, 0.3) is 0 Å². The highest BCUT2D eigenvalue weighted by molar-refractivity contribution is 5.95. The number of carbonyl (C=O) groups is 2. The fourth-order valence-corrected chi connectivity index (χ4v) is 3.49. The van der Waals surface area contributed by atoms with Gasteiger partial charge in [-0.3, -0.25) is 9.59 Å². The van der Waals surface area contributed by atoms with Crippen molar-refractivity contribution in [2.24, 2.45) is 0 Å². The van der Waals surface area contributed by atoms with Crippen molar-refractivity contribution >= 4 is 11.8 Å². The number of ether oxygens (including phenoxy) is 1. The molecular formula is C16H20N2O3. The Balaban J connectivity index is 2.00. The smallest absolute Gasteiger partial charge is 0.243 e. The summed E-state index contributed by atoms with van der Waals surface area (Å²) in [6.07, 6.45) is 1.56. The van der Waals surface area contributed by atoms with Gasteiger partial charge in [-0.15, -0.1) is 0 Å². The zero-order valence-corrected chi connectivity index (χ0v) is 12.6. The van der Waals surface area contributed by atoms with Gasteiger partial charge >= 0.3 is 0 Å². The second-order valence-corrected chi connectivity index (χ2v) is 5.73. The Morgan fingerprint density at radius 2 is 1.86 bits per heavy atom. The molecule has 0 radical (unpaired) electrons. The summed E-state index contributed by atoms with van der Waals surface area (Å²) in [5.41, 5.74) is 3.35. The van der Waals surface area contributed by atoms with Crippen LogP contribution in [0.1, 0.15) is 35.6 Å². The number of nitrogens with one attached hydrogen (secondary N) is 1. The Labute approximate surface area is 124 Å². The maximum Gasteiger partial charge on any atom is 0.243 e. The number of amides is 2. The van der Waals surface area contributed by atoms with Crippen LogP contribution in [0.3, 0.4) is 0 Å². The third-order valence-corrected chi connectivity index (χ3v) is 4.75. The second-order valence-electron chi connectivity index (χ2n) is 5.73. The summed E-state index contributed by atoms with van der Waals surface area (Å²) in [5.74, 6) is 0.837. The normalized spacial score (nSPS) is 24.8. The van der Waals surface area contributed by atoms with Gasteiger partial charge in [0, 0.05) is 0 Å². The van der Waals surface area contributed by atoms with Crippen LogP contribution in [0.5, 0.6) is 5.75 Å².